The van der Waals surface area contributed by atoms with Crippen molar-refractivity contribution in [2.24, 2.45) is 0 Å². The summed E-state index contributed by atoms with van der Waals surface area (Å²) in [6.07, 6.45) is -0.579. The van der Waals surface area contributed by atoms with Gasteiger partial charge in [0.05, 0.1) is 36.8 Å². The maximum Gasteiger partial charge on any atom is 0.227 e. The molecule has 2 aromatic carbocycles. The van der Waals surface area contributed by atoms with Crippen LogP contribution in [-0.4, -0.2) is 59.3 Å². The molecule has 3 aromatic rings. The lowest BCUT2D eigenvalue weighted by Gasteiger charge is -2.29. The van der Waals surface area contributed by atoms with E-state index in [0.29, 0.717) is 25.6 Å². The van der Waals surface area contributed by atoms with Crippen LogP contribution in [0, 0.1) is 0 Å². The van der Waals surface area contributed by atoms with Crippen LogP contribution in [0.25, 0.3) is 5.69 Å². The van der Waals surface area contributed by atoms with Crippen LogP contribution in [0.4, 0.5) is 0 Å². The highest BCUT2D eigenvalue weighted by molar-refractivity contribution is 5.46. The third kappa shape index (κ3) is 6.38. The largest absolute Gasteiger partial charge is 0.497 e. The number of aliphatic hydroxyl groups excluding tert-OH is 1. The van der Waals surface area contributed by atoms with Crippen LogP contribution in [-0.2, 0) is 11.3 Å². The number of hydrogen-bond donors (Lipinski definition) is 1. The molecule has 184 valence electrons. The summed E-state index contributed by atoms with van der Waals surface area (Å²) < 4.78 is 18.8. The molecule has 0 amide bonds. The third-order valence-electron chi connectivity index (χ3n) is 5.68. The maximum atomic E-state index is 10.4. The average Bonchev–Trinajstić information content (AvgIpc) is 3.17. The summed E-state index contributed by atoms with van der Waals surface area (Å²) in [4.78, 5) is 2.22. The van der Waals surface area contributed by atoms with Gasteiger partial charge in [-0.3, -0.25) is 4.90 Å². The fourth-order valence-corrected chi connectivity index (χ4v) is 3.84. The Kier molecular flexibility index (Phi) is 9.10. The topological polar surface area (TPSA) is 69.0 Å². The van der Waals surface area contributed by atoms with Gasteiger partial charge in [0, 0.05) is 26.2 Å². The predicted octanol–water partition coefficient (Wildman–Crippen LogP) is 5.01. The van der Waals surface area contributed by atoms with E-state index in [-0.39, 0.29) is 12.0 Å². The fourth-order valence-electron chi connectivity index (χ4n) is 3.84. The number of ether oxygens (including phenoxy) is 3. The van der Waals surface area contributed by atoms with Crippen LogP contribution < -0.4 is 9.47 Å². The molecule has 1 heterocycles. The van der Waals surface area contributed by atoms with Crippen LogP contribution in [0.2, 0.25) is 0 Å². The molecular formula is C27H37N3O4. The third-order valence-corrected chi connectivity index (χ3v) is 5.68. The van der Waals surface area contributed by atoms with Crippen LogP contribution in [0.3, 0.4) is 0 Å². The number of rotatable bonds is 12. The molecule has 0 spiro atoms. The second-order valence-corrected chi connectivity index (χ2v) is 8.98. The number of aromatic nitrogens is 2. The van der Waals surface area contributed by atoms with E-state index in [1.807, 2.05) is 59.3 Å². The lowest BCUT2D eigenvalue weighted by Crippen LogP contribution is -2.39. The Morgan fingerprint density at radius 1 is 0.941 bits per heavy atom. The SMILES string of the molecule is COCC(O)CN(Cc1c(C(C)C)nn(-c2ccc(OC)cc2)c1Oc1ccccc1)C(C)C. The maximum absolute atomic E-state index is 10.4. The van der Waals surface area contributed by atoms with Crippen molar-refractivity contribution in [2.45, 2.75) is 52.3 Å². The predicted molar refractivity (Wildman–Crippen MR) is 134 cm³/mol. The van der Waals surface area contributed by atoms with E-state index < -0.39 is 6.10 Å². The summed E-state index contributed by atoms with van der Waals surface area (Å²) in [5, 5.41) is 15.4. The normalized spacial score (nSPS) is 12.5. The summed E-state index contributed by atoms with van der Waals surface area (Å²) in [5.74, 6) is 2.38. The number of benzene rings is 2. The zero-order chi connectivity index (χ0) is 24.7. The van der Waals surface area contributed by atoms with E-state index in [2.05, 4.69) is 32.6 Å². The van der Waals surface area contributed by atoms with Gasteiger partial charge < -0.3 is 19.3 Å². The minimum Gasteiger partial charge on any atom is -0.497 e. The molecule has 0 aliphatic heterocycles. The Balaban J connectivity index is 2.10. The van der Waals surface area contributed by atoms with Crippen molar-refractivity contribution in [1.82, 2.24) is 14.7 Å². The van der Waals surface area contributed by atoms with Gasteiger partial charge in [-0.25, -0.2) is 4.68 Å². The van der Waals surface area contributed by atoms with Gasteiger partial charge in [-0.15, -0.1) is 0 Å². The minimum absolute atomic E-state index is 0.186. The Hall–Kier alpha value is -2.87. The Labute approximate surface area is 202 Å². The molecule has 1 atom stereocenters. The number of nitrogens with zero attached hydrogens (tertiary/aromatic N) is 3. The number of methoxy groups -OCH3 is 2. The first-order valence-corrected chi connectivity index (χ1v) is 11.7. The smallest absolute Gasteiger partial charge is 0.227 e. The van der Waals surface area contributed by atoms with Crippen LogP contribution in [0.1, 0.15) is 44.9 Å². The molecule has 7 nitrogen and oxygen atoms in total. The molecule has 0 bridgehead atoms. The summed E-state index contributed by atoms with van der Waals surface area (Å²) in [6.45, 7) is 9.89. The van der Waals surface area contributed by atoms with Crippen LogP contribution >= 0.6 is 0 Å². The zero-order valence-electron chi connectivity index (χ0n) is 21.1. The molecular weight excluding hydrogens is 430 g/mol. The molecule has 0 saturated heterocycles. The Bertz CT molecular complexity index is 1020. The van der Waals surface area contributed by atoms with Crippen molar-refractivity contribution in [3.05, 3.63) is 65.9 Å². The molecule has 0 aliphatic rings. The van der Waals surface area contributed by atoms with Crippen molar-refractivity contribution in [1.29, 1.82) is 0 Å². The first kappa shape index (κ1) is 25.7. The lowest BCUT2D eigenvalue weighted by atomic mass is 10.0. The molecule has 1 N–H and O–H groups in total. The van der Waals surface area contributed by atoms with E-state index in [1.54, 1.807) is 14.2 Å². The number of hydrogen-bond acceptors (Lipinski definition) is 6. The van der Waals surface area contributed by atoms with Gasteiger partial charge in [0.1, 0.15) is 11.5 Å². The van der Waals surface area contributed by atoms with Crippen molar-refractivity contribution < 1.29 is 19.3 Å². The van der Waals surface area contributed by atoms with Gasteiger partial charge in [-0.2, -0.15) is 5.10 Å². The van der Waals surface area contributed by atoms with Gasteiger partial charge in [-0.1, -0.05) is 32.0 Å². The fraction of sp³-hybridized carbons (Fsp3) is 0.444. The first-order chi connectivity index (χ1) is 16.3. The standard InChI is InChI=1S/C27H37N3O4/c1-19(2)26-25(17-29(20(3)4)16-22(31)18-32-5)27(34-24-10-8-7-9-11-24)30(28-26)21-12-14-23(33-6)15-13-21/h7-15,19-20,22,31H,16-18H2,1-6H3. The highest BCUT2D eigenvalue weighted by atomic mass is 16.5. The molecule has 3 rings (SSSR count). The summed E-state index contributed by atoms with van der Waals surface area (Å²) >= 11 is 0. The quantitative estimate of drug-likeness (QED) is 0.404. The molecule has 1 unspecified atom stereocenters. The molecule has 0 aliphatic carbocycles. The summed E-state index contributed by atoms with van der Waals surface area (Å²) in [7, 11) is 3.25. The minimum atomic E-state index is -0.579. The zero-order valence-corrected chi connectivity index (χ0v) is 21.1. The number of aliphatic hydroxyl groups is 1. The van der Waals surface area contributed by atoms with Gasteiger partial charge in [-0.05, 0) is 56.2 Å². The van der Waals surface area contributed by atoms with E-state index in [0.717, 1.165) is 28.4 Å². The first-order valence-electron chi connectivity index (χ1n) is 11.7. The number of para-hydroxylation sites is 1. The average molecular weight is 468 g/mol. The second kappa shape index (κ2) is 12.0. The van der Waals surface area contributed by atoms with Crippen molar-refractivity contribution >= 4 is 0 Å². The molecule has 0 fully saturated rings. The Morgan fingerprint density at radius 3 is 2.18 bits per heavy atom. The van der Waals surface area contributed by atoms with Gasteiger partial charge in [0.15, 0.2) is 0 Å². The van der Waals surface area contributed by atoms with Gasteiger partial charge in [0.2, 0.25) is 5.88 Å². The summed E-state index contributed by atoms with van der Waals surface area (Å²) in [6, 6.07) is 17.7. The van der Waals surface area contributed by atoms with Gasteiger partial charge >= 0.3 is 0 Å². The van der Waals surface area contributed by atoms with E-state index in [9.17, 15) is 5.11 Å². The monoisotopic (exact) mass is 467 g/mol. The van der Waals surface area contributed by atoms with Crippen molar-refractivity contribution in [2.75, 3.05) is 27.4 Å². The molecule has 0 radical (unpaired) electrons. The molecule has 1 aromatic heterocycles. The molecule has 7 heteroatoms. The van der Waals surface area contributed by atoms with Crippen molar-refractivity contribution in [3.63, 3.8) is 0 Å². The van der Waals surface area contributed by atoms with Crippen molar-refractivity contribution in [3.8, 4) is 23.1 Å². The van der Waals surface area contributed by atoms with E-state index in [4.69, 9.17) is 19.3 Å². The Morgan fingerprint density at radius 2 is 1.62 bits per heavy atom. The lowest BCUT2D eigenvalue weighted by molar-refractivity contribution is 0.0277. The van der Waals surface area contributed by atoms with E-state index >= 15 is 0 Å². The highest BCUT2D eigenvalue weighted by Crippen LogP contribution is 2.35. The van der Waals surface area contributed by atoms with Crippen LogP contribution in [0.5, 0.6) is 17.4 Å². The molecule has 0 saturated carbocycles. The highest BCUT2D eigenvalue weighted by Gasteiger charge is 2.26. The summed E-state index contributed by atoms with van der Waals surface area (Å²) in [5.41, 5.74) is 2.86. The van der Waals surface area contributed by atoms with Crippen LogP contribution in [0.15, 0.2) is 54.6 Å². The second-order valence-electron chi connectivity index (χ2n) is 8.98. The van der Waals surface area contributed by atoms with E-state index in [1.165, 1.54) is 0 Å². The van der Waals surface area contributed by atoms with Gasteiger partial charge in [0.25, 0.3) is 0 Å². The molecule has 34 heavy (non-hydrogen) atoms.